The van der Waals surface area contributed by atoms with Gasteiger partial charge in [0.2, 0.25) is 0 Å². The number of benzene rings is 1. The zero-order valence-electron chi connectivity index (χ0n) is 15.1. The van der Waals surface area contributed by atoms with E-state index in [0.717, 1.165) is 18.8 Å². The SMILES string of the molecule is CCOC(OCC)[C@@](O)(CO)[C@H](O)c1ccc(N(CC)CC)cc1. The predicted molar refractivity (Wildman–Crippen MR) is 94.0 cm³/mol. The fraction of sp³-hybridized carbons (Fsp3) is 0.667. The fourth-order valence-electron chi connectivity index (χ4n) is 2.67. The van der Waals surface area contributed by atoms with Gasteiger partial charge in [0.15, 0.2) is 11.9 Å². The smallest absolute Gasteiger partial charge is 0.191 e. The minimum atomic E-state index is -1.94. The summed E-state index contributed by atoms with van der Waals surface area (Å²) in [5.41, 5.74) is -0.413. The van der Waals surface area contributed by atoms with Crippen molar-refractivity contribution in [3.05, 3.63) is 29.8 Å². The minimum Gasteiger partial charge on any atom is -0.393 e. The Morgan fingerprint density at radius 2 is 1.50 bits per heavy atom. The van der Waals surface area contributed by atoms with E-state index in [-0.39, 0.29) is 0 Å². The van der Waals surface area contributed by atoms with Crippen LogP contribution in [-0.4, -0.2) is 60.1 Å². The molecular weight excluding hydrogens is 310 g/mol. The van der Waals surface area contributed by atoms with Gasteiger partial charge < -0.3 is 29.7 Å². The Labute approximate surface area is 144 Å². The van der Waals surface area contributed by atoms with E-state index in [1.54, 1.807) is 26.0 Å². The van der Waals surface area contributed by atoms with Gasteiger partial charge in [-0.15, -0.1) is 0 Å². The van der Waals surface area contributed by atoms with Crippen LogP contribution in [0.25, 0.3) is 0 Å². The molecule has 24 heavy (non-hydrogen) atoms. The van der Waals surface area contributed by atoms with Crippen LogP contribution < -0.4 is 4.90 Å². The number of nitrogens with zero attached hydrogens (tertiary/aromatic N) is 1. The first-order chi connectivity index (χ1) is 11.5. The number of ether oxygens (including phenoxy) is 2. The molecule has 1 aromatic rings. The van der Waals surface area contributed by atoms with Crippen LogP contribution >= 0.6 is 0 Å². The molecular formula is C18H31NO5. The van der Waals surface area contributed by atoms with Crippen molar-refractivity contribution >= 4 is 5.69 Å². The number of rotatable bonds is 11. The summed E-state index contributed by atoms with van der Waals surface area (Å²) in [6.45, 7) is 9.34. The number of aliphatic hydroxyl groups excluding tert-OH is 2. The van der Waals surface area contributed by atoms with Gasteiger partial charge in [0.25, 0.3) is 0 Å². The van der Waals surface area contributed by atoms with Gasteiger partial charge in [-0.3, -0.25) is 0 Å². The van der Waals surface area contributed by atoms with Gasteiger partial charge in [0.05, 0.1) is 6.61 Å². The lowest BCUT2D eigenvalue weighted by Gasteiger charge is -2.37. The predicted octanol–water partition coefficient (Wildman–Crippen LogP) is 1.69. The number of anilines is 1. The topological polar surface area (TPSA) is 82.4 Å². The zero-order valence-corrected chi connectivity index (χ0v) is 15.1. The average Bonchev–Trinajstić information content (AvgIpc) is 2.62. The first-order valence-electron chi connectivity index (χ1n) is 8.57. The molecule has 6 nitrogen and oxygen atoms in total. The van der Waals surface area contributed by atoms with Crippen LogP contribution in [0.15, 0.2) is 24.3 Å². The van der Waals surface area contributed by atoms with Gasteiger partial charge in [-0.05, 0) is 45.4 Å². The van der Waals surface area contributed by atoms with Crippen LogP contribution in [0.1, 0.15) is 39.4 Å². The summed E-state index contributed by atoms with van der Waals surface area (Å²) in [6.07, 6.45) is -2.45. The van der Waals surface area contributed by atoms with E-state index in [1.807, 2.05) is 12.1 Å². The minimum absolute atomic E-state index is 0.292. The first-order valence-corrected chi connectivity index (χ1v) is 8.57. The molecule has 0 aliphatic heterocycles. The van der Waals surface area contributed by atoms with Gasteiger partial charge in [0, 0.05) is 32.0 Å². The maximum atomic E-state index is 10.8. The monoisotopic (exact) mass is 341 g/mol. The van der Waals surface area contributed by atoms with Gasteiger partial charge in [-0.1, -0.05) is 12.1 Å². The van der Waals surface area contributed by atoms with Gasteiger partial charge in [0.1, 0.15) is 6.10 Å². The molecule has 0 spiro atoms. The standard InChI is InChI=1S/C18H31NO5/c1-5-19(6-2)15-11-9-14(10-12-15)16(21)18(22,13-20)17(23-7-3)24-8-4/h9-12,16-17,20-22H,5-8,13H2,1-4H3/t16-,18-/m1/s1. The second kappa shape index (κ2) is 9.96. The van der Waals surface area contributed by atoms with Crippen LogP contribution in [0, 0.1) is 0 Å². The van der Waals surface area contributed by atoms with Crippen molar-refractivity contribution in [2.24, 2.45) is 0 Å². The van der Waals surface area contributed by atoms with Crippen molar-refractivity contribution in [1.29, 1.82) is 0 Å². The Morgan fingerprint density at radius 3 is 1.88 bits per heavy atom. The Morgan fingerprint density at radius 1 is 1.00 bits per heavy atom. The molecule has 0 bridgehead atoms. The van der Waals surface area contributed by atoms with E-state index in [2.05, 4.69) is 18.7 Å². The quantitative estimate of drug-likeness (QED) is 0.531. The normalized spacial score (nSPS) is 15.3. The third-order valence-corrected chi connectivity index (χ3v) is 4.11. The fourth-order valence-corrected chi connectivity index (χ4v) is 2.67. The molecule has 0 fully saturated rings. The van der Waals surface area contributed by atoms with Gasteiger partial charge in [-0.2, -0.15) is 0 Å². The van der Waals surface area contributed by atoms with Gasteiger partial charge >= 0.3 is 0 Å². The highest BCUT2D eigenvalue weighted by Crippen LogP contribution is 2.32. The molecule has 0 radical (unpaired) electrons. The second-order valence-electron chi connectivity index (χ2n) is 5.56. The van der Waals surface area contributed by atoms with Gasteiger partial charge in [-0.25, -0.2) is 0 Å². The number of hydrogen-bond acceptors (Lipinski definition) is 6. The molecule has 6 heteroatoms. The molecule has 1 aromatic carbocycles. The van der Waals surface area contributed by atoms with E-state index in [4.69, 9.17) is 9.47 Å². The Kier molecular flexibility index (Phi) is 8.66. The van der Waals surface area contributed by atoms with Crippen molar-refractivity contribution in [3.63, 3.8) is 0 Å². The summed E-state index contributed by atoms with van der Waals surface area (Å²) in [7, 11) is 0. The highest BCUT2D eigenvalue weighted by molar-refractivity contribution is 5.48. The van der Waals surface area contributed by atoms with Crippen molar-refractivity contribution in [2.75, 3.05) is 37.8 Å². The number of aliphatic hydroxyl groups is 3. The van der Waals surface area contributed by atoms with Crippen molar-refractivity contribution in [2.45, 2.75) is 45.7 Å². The molecule has 2 atom stereocenters. The summed E-state index contributed by atoms with van der Waals surface area (Å²) < 4.78 is 10.8. The van der Waals surface area contributed by atoms with Crippen LogP contribution in [0.5, 0.6) is 0 Å². The summed E-state index contributed by atoms with van der Waals surface area (Å²) in [6, 6.07) is 7.27. The van der Waals surface area contributed by atoms with Crippen molar-refractivity contribution < 1.29 is 24.8 Å². The highest BCUT2D eigenvalue weighted by Gasteiger charge is 2.45. The van der Waals surface area contributed by atoms with Crippen LogP contribution in [-0.2, 0) is 9.47 Å². The molecule has 138 valence electrons. The molecule has 0 saturated carbocycles. The van der Waals surface area contributed by atoms with Crippen molar-refractivity contribution in [1.82, 2.24) is 0 Å². The Balaban J connectivity index is 3.04. The molecule has 0 heterocycles. The van der Waals surface area contributed by atoms with Crippen molar-refractivity contribution in [3.8, 4) is 0 Å². The third kappa shape index (κ3) is 4.68. The van der Waals surface area contributed by atoms with E-state index >= 15 is 0 Å². The van der Waals surface area contributed by atoms with E-state index < -0.39 is 24.6 Å². The van der Waals surface area contributed by atoms with E-state index in [9.17, 15) is 15.3 Å². The number of hydrogen-bond donors (Lipinski definition) is 3. The highest BCUT2D eigenvalue weighted by atomic mass is 16.7. The summed E-state index contributed by atoms with van der Waals surface area (Å²) >= 11 is 0. The maximum absolute atomic E-state index is 10.8. The summed E-state index contributed by atoms with van der Waals surface area (Å²) in [4.78, 5) is 2.18. The van der Waals surface area contributed by atoms with Crippen LogP contribution in [0.2, 0.25) is 0 Å². The lowest BCUT2D eigenvalue weighted by molar-refractivity contribution is -0.275. The first kappa shape index (κ1) is 20.9. The molecule has 0 saturated heterocycles. The van der Waals surface area contributed by atoms with Crippen LogP contribution in [0.4, 0.5) is 5.69 Å². The third-order valence-electron chi connectivity index (χ3n) is 4.11. The lowest BCUT2D eigenvalue weighted by atomic mass is 9.90. The molecule has 0 unspecified atom stereocenters. The molecule has 1 rings (SSSR count). The van der Waals surface area contributed by atoms with E-state index in [1.165, 1.54) is 0 Å². The Bertz CT molecular complexity index is 457. The maximum Gasteiger partial charge on any atom is 0.191 e. The largest absolute Gasteiger partial charge is 0.393 e. The Hall–Kier alpha value is -1.18. The second-order valence-corrected chi connectivity index (χ2v) is 5.56. The molecule has 3 N–H and O–H groups in total. The molecule has 0 aliphatic carbocycles. The molecule has 0 aliphatic rings. The van der Waals surface area contributed by atoms with E-state index in [0.29, 0.717) is 18.8 Å². The summed E-state index contributed by atoms with van der Waals surface area (Å²) in [5, 5.41) is 31.1. The van der Waals surface area contributed by atoms with Crippen LogP contribution in [0.3, 0.4) is 0 Å². The molecule has 0 aromatic heterocycles. The zero-order chi connectivity index (χ0) is 18.2. The lowest BCUT2D eigenvalue weighted by Crippen LogP contribution is -2.53. The average molecular weight is 341 g/mol. The molecule has 0 amide bonds. The summed E-state index contributed by atoms with van der Waals surface area (Å²) in [5.74, 6) is 0.